The highest BCUT2D eigenvalue weighted by atomic mass is 16.5. The van der Waals surface area contributed by atoms with Gasteiger partial charge in [-0.3, -0.25) is 19.4 Å². The minimum atomic E-state index is -0.251. The van der Waals surface area contributed by atoms with Gasteiger partial charge in [0.2, 0.25) is 5.56 Å². The Morgan fingerprint density at radius 3 is 2.71 bits per heavy atom. The highest BCUT2D eigenvalue weighted by Crippen LogP contribution is 2.40. The molecule has 3 aromatic rings. The summed E-state index contributed by atoms with van der Waals surface area (Å²) in [5, 5.41) is 1.59. The number of hydrogen-bond acceptors (Lipinski definition) is 8. The Labute approximate surface area is 220 Å². The molecule has 0 spiro atoms. The molecule has 10 nitrogen and oxygen atoms in total. The fraction of sp³-hybridized carbons (Fsp3) is 0.500. The Morgan fingerprint density at radius 1 is 1.00 bits per heavy atom. The Bertz CT molecular complexity index is 1440. The maximum Gasteiger partial charge on any atom is 0.318 e. The van der Waals surface area contributed by atoms with Crippen LogP contribution in [0.25, 0.3) is 10.8 Å². The van der Waals surface area contributed by atoms with Crippen molar-refractivity contribution in [3.8, 4) is 6.01 Å². The maximum atomic E-state index is 13.9. The molecule has 4 aliphatic heterocycles. The van der Waals surface area contributed by atoms with Crippen LogP contribution in [0.4, 0.5) is 11.6 Å². The van der Waals surface area contributed by atoms with E-state index in [1.165, 1.54) is 12.8 Å². The number of fused-ring (bicyclic) bond motifs is 3. The number of carbonyl (C=O) groups is 1. The van der Waals surface area contributed by atoms with E-state index >= 15 is 0 Å². The molecule has 0 unspecified atom stereocenters. The lowest BCUT2D eigenvalue weighted by molar-refractivity contribution is 0.0995. The number of ether oxygens (including phenoxy) is 2. The van der Waals surface area contributed by atoms with Crippen molar-refractivity contribution >= 4 is 28.3 Å². The summed E-state index contributed by atoms with van der Waals surface area (Å²) in [6, 6.07) is 9.45. The Morgan fingerprint density at radius 2 is 1.84 bits per heavy atom. The molecule has 0 aliphatic carbocycles. The molecule has 1 N–H and O–H groups in total. The van der Waals surface area contributed by atoms with E-state index in [1.54, 1.807) is 11.0 Å². The molecular weight excluding hydrogens is 484 g/mol. The number of pyridine rings is 1. The average Bonchev–Trinajstić information content (AvgIpc) is 3.52. The van der Waals surface area contributed by atoms with Crippen LogP contribution >= 0.6 is 0 Å². The molecule has 4 aliphatic rings. The van der Waals surface area contributed by atoms with Gasteiger partial charge in [0.25, 0.3) is 5.91 Å². The van der Waals surface area contributed by atoms with Crippen LogP contribution in [0.2, 0.25) is 0 Å². The maximum absolute atomic E-state index is 13.9. The predicted octanol–water partition coefficient (Wildman–Crippen LogP) is 2.71. The number of amides is 1. The van der Waals surface area contributed by atoms with Crippen molar-refractivity contribution in [1.29, 1.82) is 0 Å². The van der Waals surface area contributed by atoms with Crippen LogP contribution in [0, 0.1) is 0 Å². The van der Waals surface area contributed by atoms with E-state index < -0.39 is 0 Å². The van der Waals surface area contributed by atoms with Gasteiger partial charge in [-0.05, 0) is 50.6 Å². The second kappa shape index (κ2) is 9.36. The van der Waals surface area contributed by atoms with Crippen molar-refractivity contribution in [3.05, 3.63) is 51.9 Å². The van der Waals surface area contributed by atoms with Crippen LogP contribution in [-0.4, -0.2) is 77.3 Å². The minimum absolute atomic E-state index is 0.0727. The fourth-order valence-electron chi connectivity index (χ4n) is 6.67. The van der Waals surface area contributed by atoms with Crippen LogP contribution in [0.3, 0.4) is 0 Å². The van der Waals surface area contributed by atoms with Crippen molar-refractivity contribution in [2.45, 2.75) is 44.2 Å². The summed E-state index contributed by atoms with van der Waals surface area (Å²) in [6.07, 6.45) is 5.51. The lowest BCUT2D eigenvalue weighted by Gasteiger charge is -2.31. The number of nitrogens with zero attached hydrogens (tertiary/aromatic N) is 5. The summed E-state index contributed by atoms with van der Waals surface area (Å²) in [5.74, 6) is 0.864. The number of H-pyrrole nitrogens is 1. The van der Waals surface area contributed by atoms with E-state index in [-0.39, 0.29) is 23.6 Å². The first kappa shape index (κ1) is 23.6. The van der Waals surface area contributed by atoms with E-state index in [0.717, 1.165) is 49.7 Å². The number of carbonyl (C=O) groups excluding carboxylic acids is 1. The number of aromatic nitrogens is 3. The molecule has 2 aromatic heterocycles. The van der Waals surface area contributed by atoms with Gasteiger partial charge in [-0.2, -0.15) is 9.97 Å². The molecule has 1 amide bonds. The molecule has 0 bridgehead atoms. The first-order valence-electron chi connectivity index (χ1n) is 13.7. The third kappa shape index (κ3) is 3.94. The SMILES string of the molecule is O=C1c2c(nc(OCC34CCCN3CCC4)nc2N2CCCOCC2)CN1c1[nH]c(=O)cc2ccccc12. The molecule has 7 rings (SSSR count). The second-order valence-electron chi connectivity index (χ2n) is 10.8. The molecule has 0 atom stereocenters. The number of benzene rings is 1. The number of anilines is 2. The molecule has 198 valence electrons. The molecule has 10 heteroatoms. The van der Waals surface area contributed by atoms with Crippen LogP contribution in [-0.2, 0) is 11.3 Å². The van der Waals surface area contributed by atoms with Gasteiger partial charge >= 0.3 is 6.01 Å². The fourth-order valence-corrected chi connectivity index (χ4v) is 6.67. The Kier molecular flexibility index (Phi) is 5.81. The summed E-state index contributed by atoms with van der Waals surface area (Å²) in [7, 11) is 0. The quantitative estimate of drug-likeness (QED) is 0.552. The summed E-state index contributed by atoms with van der Waals surface area (Å²) >= 11 is 0. The van der Waals surface area contributed by atoms with Crippen molar-refractivity contribution in [2.75, 3.05) is 55.8 Å². The van der Waals surface area contributed by atoms with Crippen molar-refractivity contribution < 1.29 is 14.3 Å². The van der Waals surface area contributed by atoms with Crippen molar-refractivity contribution in [3.63, 3.8) is 0 Å². The van der Waals surface area contributed by atoms with E-state index in [9.17, 15) is 9.59 Å². The monoisotopic (exact) mass is 516 g/mol. The predicted molar refractivity (Wildman–Crippen MR) is 143 cm³/mol. The topological polar surface area (TPSA) is 104 Å². The van der Waals surface area contributed by atoms with Crippen LogP contribution in [0.5, 0.6) is 6.01 Å². The van der Waals surface area contributed by atoms with Gasteiger partial charge in [-0.25, -0.2) is 0 Å². The van der Waals surface area contributed by atoms with Gasteiger partial charge < -0.3 is 19.4 Å². The Hall–Kier alpha value is -3.50. The van der Waals surface area contributed by atoms with Crippen molar-refractivity contribution in [2.24, 2.45) is 0 Å². The molecular formula is C28H32N6O4. The van der Waals surface area contributed by atoms with Gasteiger partial charge in [0.15, 0.2) is 0 Å². The third-order valence-electron chi connectivity index (χ3n) is 8.53. The normalized spacial score (nSPS) is 21.1. The lowest BCUT2D eigenvalue weighted by atomic mass is 9.95. The standard InChI is InChI=1S/C28H32N6O4/c35-22-16-19-6-1-2-7-20(19)24(30-22)34-17-21-23(26(34)36)25(32-10-5-14-37-15-13-32)31-27(29-21)38-18-28-8-3-11-33(28)12-4-9-28/h1-2,6-7,16H,3-5,8-15,17-18H2,(H,30,35). The zero-order chi connectivity index (χ0) is 25.7. The average molecular weight is 517 g/mol. The molecule has 6 heterocycles. The van der Waals surface area contributed by atoms with Gasteiger partial charge in [0.05, 0.1) is 24.4 Å². The van der Waals surface area contributed by atoms with E-state index in [0.29, 0.717) is 55.3 Å². The molecule has 38 heavy (non-hydrogen) atoms. The van der Waals surface area contributed by atoms with Crippen LogP contribution < -0.4 is 20.1 Å². The summed E-state index contributed by atoms with van der Waals surface area (Å²) < 4.78 is 12.0. The largest absolute Gasteiger partial charge is 0.461 e. The van der Waals surface area contributed by atoms with Crippen LogP contribution in [0.15, 0.2) is 35.1 Å². The lowest BCUT2D eigenvalue weighted by Crippen LogP contribution is -2.43. The highest BCUT2D eigenvalue weighted by Gasteiger charge is 2.45. The van der Waals surface area contributed by atoms with Gasteiger partial charge in [0.1, 0.15) is 23.8 Å². The zero-order valence-corrected chi connectivity index (χ0v) is 21.4. The molecule has 1 aromatic carbocycles. The first-order chi connectivity index (χ1) is 18.6. The van der Waals surface area contributed by atoms with Gasteiger partial charge in [-0.15, -0.1) is 0 Å². The Balaban J connectivity index is 1.27. The van der Waals surface area contributed by atoms with E-state index in [1.807, 2.05) is 24.3 Å². The summed E-state index contributed by atoms with van der Waals surface area (Å²) in [4.78, 5) is 45.2. The highest BCUT2D eigenvalue weighted by molar-refractivity contribution is 6.15. The minimum Gasteiger partial charge on any atom is -0.461 e. The smallest absolute Gasteiger partial charge is 0.318 e. The molecule has 0 radical (unpaired) electrons. The number of aromatic amines is 1. The van der Waals surface area contributed by atoms with Crippen molar-refractivity contribution in [1.82, 2.24) is 19.9 Å². The van der Waals surface area contributed by atoms with E-state index in [2.05, 4.69) is 14.8 Å². The summed E-state index contributed by atoms with van der Waals surface area (Å²) in [5.41, 5.74) is 0.929. The van der Waals surface area contributed by atoms with Gasteiger partial charge in [-0.1, -0.05) is 24.3 Å². The first-order valence-corrected chi connectivity index (χ1v) is 13.7. The second-order valence-corrected chi connectivity index (χ2v) is 10.8. The molecule has 0 saturated carbocycles. The zero-order valence-electron chi connectivity index (χ0n) is 21.4. The number of nitrogens with one attached hydrogen (secondary N) is 1. The number of rotatable bonds is 5. The molecule has 3 saturated heterocycles. The molecule has 3 fully saturated rings. The summed E-state index contributed by atoms with van der Waals surface area (Å²) in [6.45, 7) is 5.68. The van der Waals surface area contributed by atoms with E-state index in [4.69, 9.17) is 19.4 Å². The van der Waals surface area contributed by atoms with Gasteiger partial charge in [0, 0.05) is 31.1 Å². The number of hydrogen-bond donors (Lipinski definition) is 1. The third-order valence-corrected chi connectivity index (χ3v) is 8.53. The van der Waals surface area contributed by atoms with Crippen LogP contribution in [0.1, 0.15) is 48.2 Å².